The van der Waals surface area contributed by atoms with Crippen LogP contribution in [0.4, 0.5) is 0 Å². The van der Waals surface area contributed by atoms with E-state index in [0.717, 1.165) is 17.7 Å². The molecule has 1 aromatic heterocycles. The Balaban J connectivity index is 1.11. The molecule has 0 spiro atoms. The molecule has 4 unspecified atom stereocenters. The number of guanidine groups is 1. The lowest BCUT2D eigenvalue weighted by atomic mass is 9.85. The number of fused-ring (bicyclic) bond motifs is 5. The van der Waals surface area contributed by atoms with E-state index < -0.39 is 0 Å². The molecule has 2 aromatic rings. The normalized spacial score (nSPS) is 26.2. The zero-order valence-corrected chi connectivity index (χ0v) is 18.1. The van der Waals surface area contributed by atoms with E-state index in [4.69, 9.17) is 0 Å². The predicted molar refractivity (Wildman–Crippen MR) is 121 cm³/mol. The second-order valence-corrected chi connectivity index (χ2v) is 8.61. The van der Waals surface area contributed by atoms with Crippen LogP contribution in [0.3, 0.4) is 0 Å². The zero-order chi connectivity index (χ0) is 22.1. The Morgan fingerprint density at radius 1 is 1.09 bits per heavy atom. The highest BCUT2D eigenvalue weighted by molar-refractivity contribution is 6.06. The quantitative estimate of drug-likeness (QED) is 0.229. The van der Waals surface area contributed by atoms with Gasteiger partial charge in [0.15, 0.2) is 5.96 Å². The standard InChI is InChI=1S/C24H28N6O2/c1-25-24(27-15-18-6-2-3-7-19(18)30-13-5-11-28-30)26-10-4-12-29-22(31)20-16-8-9-17(14-16)21(20)23(29)32/h2-3,5-9,11,13,16-17,20-21H,4,10,12,14-15H2,1H3,(H2,25,26,27). The van der Waals surface area contributed by atoms with Gasteiger partial charge in [0.1, 0.15) is 0 Å². The summed E-state index contributed by atoms with van der Waals surface area (Å²) >= 11 is 0. The molecule has 2 N–H and O–H groups in total. The van der Waals surface area contributed by atoms with Crippen LogP contribution in [0.2, 0.25) is 0 Å². The number of nitrogens with zero attached hydrogens (tertiary/aromatic N) is 4. The number of aromatic nitrogens is 2. The van der Waals surface area contributed by atoms with E-state index in [1.807, 2.05) is 35.1 Å². The van der Waals surface area contributed by atoms with Gasteiger partial charge in [-0.05, 0) is 42.4 Å². The monoisotopic (exact) mass is 432 g/mol. The fraction of sp³-hybridized carbons (Fsp3) is 0.417. The minimum Gasteiger partial charge on any atom is -0.356 e. The number of hydrogen-bond acceptors (Lipinski definition) is 4. The summed E-state index contributed by atoms with van der Waals surface area (Å²) in [7, 11) is 1.73. The third-order valence-corrected chi connectivity index (χ3v) is 6.83. The Bertz CT molecular complexity index is 1030. The Morgan fingerprint density at radius 3 is 2.53 bits per heavy atom. The highest BCUT2D eigenvalue weighted by atomic mass is 16.2. The first-order chi connectivity index (χ1) is 15.7. The molecule has 1 aromatic carbocycles. The SMILES string of the molecule is CN=C(NCCCN1C(=O)C2C3C=CC(C3)C2C1=O)NCc1ccccc1-n1cccn1. The summed E-state index contributed by atoms with van der Waals surface area (Å²) in [6.45, 7) is 1.67. The van der Waals surface area contributed by atoms with E-state index in [1.165, 1.54) is 4.90 Å². The number of likely N-dealkylation sites (tertiary alicyclic amines) is 1. The zero-order valence-electron chi connectivity index (χ0n) is 18.1. The average molecular weight is 433 g/mol. The first-order valence-corrected chi connectivity index (χ1v) is 11.2. The number of aliphatic imine (C=N–C) groups is 1. The van der Waals surface area contributed by atoms with Crippen LogP contribution in [0.1, 0.15) is 18.4 Å². The lowest BCUT2D eigenvalue weighted by molar-refractivity contribution is -0.140. The summed E-state index contributed by atoms with van der Waals surface area (Å²) in [5.74, 6) is 1.02. The predicted octanol–water partition coefficient (Wildman–Crippen LogP) is 1.73. The van der Waals surface area contributed by atoms with Crippen molar-refractivity contribution < 1.29 is 9.59 Å². The number of allylic oxidation sites excluding steroid dienone is 2. The Kier molecular flexibility index (Phi) is 5.51. The fourth-order valence-corrected chi connectivity index (χ4v) is 5.32. The van der Waals surface area contributed by atoms with Crippen LogP contribution in [0.5, 0.6) is 0 Å². The smallest absolute Gasteiger partial charge is 0.233 e. The van der Waals surface area contributed by atoms with Crippen LogP contribution >= 0.6 is 0 Å². The van der Waals surface area contributed by atoms with E-state index in [9.17, 15) is 9.59 Å². The maximum atomic E-state index is 12.8. The number of hydrogen-bond donors (Lipinski definition) is 2. The third kappa shape index (κ3) is 3.59. The van der Waals surface area contributed by atoms with Crippen molar-refractivity contribution in [3.05, 3.63) is 60.4 Å². The molecule has 5 rings (SSSR count). The number of carbonyl (C=O) groups is 2. The first-order valence-electron chi connectivity index (χ1n) is 11.2. The summed E-state index contributed by atoms with van der Waals surface area (Å²) in [6.07, 6.45) is 9.58. The largest absolute Gasteiger partial charge is 0.356 e. The molecule has 4 atom stereocenters. The van der Waals surface area contributed by atoms with Crippen LogP contribution in [-0.4, -0.2) is 52.6 Å². The van der Waals surface area contributed by atoms with Gasteiger partial charge in [-0.15, -0.1) is 0 Å². The second-order valence-electron chi connectivity index (χ2n) is 8.61. The van der Waals surface area contributed by atoms with Gasteiger partial charge >= 0.3 is 0 Å². The van der Waals surface area contributed by atoms with Crippen molar-refractivity contribution in [3.8, 4) is 5.69 Å². The third-order valence-electron chi connectivity index (χ3n) is 6.83. The molecule has 1 saturated heterocycles. The molecule has 3 aliphatic rings. The van der Waals surface area contributed by atoms with Crippen LogP contribution in [0, 0.1) is 23.7 Å². The molecule has 2 heterocycles. The molecule has 166 valence electrons. The molecule has 2 fully saturated rings. The Morgan fingerprint density at radius 2 is 1.84 bits per heavy atom. The van der Waals surface area contributed by atoms with E-state index in [0.29, 0.717) is 32.0 Å². The molecule has 32 heavy (non-hydrogen) atoms. The molecule has 0 radical (unpaired) electrons. The van der Waals surface area contributed by atoms with Crippen molar-refractivity contribution in [2.45, 2.75) is 19.4 Å². The van der Waals surface area contributed by atoms with Crippen molar-refractivity contribution in [1.29, 1.82) is 0 Å². The maximum absolute atomic E-state index is 12.8. The van der Waals surface area contributed by atoms with Crippen LogP contribution in [0.25, 0.3) is 5.69 Å². The highest BCUT2D eigenvalue weighted by Crippen LogP contribution is 2.52. The van der Waals surface area contributed by atoms with Gasteiger partial charge in [-0.2, -0.15) is 5.10 Å². The number of carbonyl (C=O) groups excluding carboxylic acids is 2. The summed E-state index contributed by atoms with van der Waals surface area (Å²) in [5, 5.41) is 10.9. The van der Waals surface area contributed by atoms with Crippen LogP contribution in [-0.2, 0) is 16.1 Å². The van der Waals surface area contributed by atoms with E-state index in [2.05, 4.69) is 38.9 Å². The first kappa shape index (κ1) is 20.5. The van der Waals surface area contributed by atoms with Crippen molar-refractivity contribution >= 4 is 17.8 Å². The van der Waals surface area contributed by atoms with Crippen molar-refractivity contribution in [2.75, 3.05) is 20.1 Å². The molecule has 8 nitrogen and oxygen atoms in total. The molecule has 1 aliphatic heterocycles. The molecular weight excluding hydrogens is 404 g/mol. The lowest BCUT2D eigenvalue weighted by Gasteiger charge is -2.18. The summed E-state index contributed by atoms with van der Waals surface area (Å²) in [4.78, 5) is 31.3. The van der Waals surface area contributed by atoms with Gasteiger partial charge in [0.2, 0.25) is 11.8 Å². The molecule has 1 saturated carbocycles. The number of nitrogens with one attached hydrogen (secondary N) is 2. The average Bonchev–Trinajstić information content (AvgIpc) is 3.60. The van der Waals surface area contributed by atoms with Gasteiger partial charge in [0.25, 0.3) is 0 Å². The van der Waals surface area contributed by atoms with E-state index >= 15 is 0 Å². The number of amides is 2. The van der Waals surface area contributed by atoms with E-state index in [1.54, 1.807) is 13.2 Å². The summed E-state index contributed by atoms with van der Waals surface area (Å²) < 4.78 is 1.84. The van der Waals surface area contributed by atoms with Gasteiger partial charge < -0.3 is 10.6 Å². The van der Waals surface area contributed by atoms with Gasteiger partial charge in [-0.1, -0.05) is 30.4 Å². The van der Waals surface area contributed by atoms with Crippen molar-refractivity contribution in [1.82, 2.24) is 25.3 Å². The number of benzene rings is 1. The lowest BCUT2D eigenvalue weighted by Crippen LogP contribution is -2.39. The van der Waals surface area contributed by atoms with Gasteiger partial charge in [-0.25, -0.2) is 4.68 Å². The van der Waals surface area contributed by atoms with Crippen molar-refractivity contribution in [3.63, 3.8) is 0 Å². The summed E-state index contributed by atoms with van der Waals surface area (Å²) in [6, 6.07) is 9.97. The topological polar surface area (TPSA) is 91.6 Å². The highest BCUT2D eigenvalue weighted by Gasteiger charge is 2.58. The molecular formula is C24H28N6O2. The molecule has 2 bridgehead atoms. The number of rotatable bonds is 7. The Labute approximate surface area is 187 Å². The Hall–Kier alpha value is -3.42. The fourth-order valence-electron chi connectivity index (χ4n) is 5.32. The minimum atomic E-state index is -0.116. The second kappa shape index (κ2) is 8.61. The van der Waals surface area contributed by atoms with Gasteiger partial charge in [0, 0.05) is 39.1 Å². The minimum absolute atomic E-state index is 0.0228. The van der Waals surface area contributed by atoms with E-state index in [-0.39, 0.29) is 35.5 Å². The molecule has 2 amide bonds. The summed E-state index contributed by atoms with van der Waals surface area (Å²) in [5.41, 5.74) is 2.11. The van der Waals surface area contributed by atoms with Gasteiger partial charge in [-0.3, -0.25) is 19.5 Å². The number of imide groups is 1. The van der Waals surface area contributed by atoms with Crippen molar-refractivity contribution in [2.24, 2.45) is 28.7 Å². The van der Waals surface area contributed by atoms with Gasteiger partial charge in [0.05, 0.1) is 17.5 Å². The molecule has 2 aliphatic carbocycles. The maximum Gasteiger partial charge on any atom is 0.233 e. The van der Waals surface area contributed by atoms with Crippen LogP contribution < -0.4 is 10.6 Å². The number of para-hydroxylation sites is 1. The molecule has 8 heteroatoms. The van der Waals surface area contributed by atoms with Crippen LogP contribution in [0.15, 0.2) is 59.9 Å².